The van der Waals surface area contributed by atoms with E-state index >= 15 is 0 Å². The van der Waals surface area contributed by atoms with E-state index in [0.29, 0.717) is 21.4 Å². The highest BCUT2D eigenvalue weighted by Gasteiger charge is 2.36. The summed E-state index contributed by atoms with van der Waals surface area (Å²) >= 11 is 29.7. The molecule has 0 aliphatic carbocycles. The zero-order chi connectivity index (χ0) is 22.3. The molecule has 1 aliphatic heterocycles. The number of hydrogen-bond acceptors (Lipinski definition) is 4. The third-order valence-electron chi connectivity index (χ3n) is 4.38. The van der Waals surface area contributed by atoms with Crippen molar-refractivity contribution in [2.45, 2.75) is 0 Å². The van der Waals surface area contributed by atoms with Gasteiger partial charge in [-0.2, -0.15) is 0 Å². The molecule has 1 aliphatic rings. The first-order chi connectivity index (χ1) is 14.8. The van der Waals surface area contributed by atoms with Crippen molar-refractivity contribution in [3.8, 4) is 11.3 Å². The Kier molecular flexibility index (Phi) is 6.10. The fourth-order valence-electron chi connectivity index (χ4n) is 2.95. The highest BCUT2D eigenvalue weighted by Crippen LogP contribution is 2.35. The number of benzene rings is 2. The Morgan fingerprint density at radius 1 is 0.968 bits per heavy atom. The van der Waals surface area contributed by atoms with Crippen molar-refractivity contribution in [1.29, 1.82) is 0 Å². The highest BCUT2D eigenvalue weighted by molar-refractivity contribution is 7.80. The van der Waals surface area contributed by atoms with E-state index in [0.717, 1.165) is 4.90 Å². The first-order valence-corrected chi connectivity index (χ1v) is 10.6. The van der Waals surface area contributed by atoms with E-state index in [4.69, 9.17) is 63.0 Å². The summed E-state index contributed by atoms with van der Waals surface area (Å²) < 4.78 is 5.77. The predicted molar refractivity (Wildman–Crippen MR) is 127 cm³/mol. The van der Waals surface area contributed by atoms with Gasteiger partial charge >= 0.3 is 0 Å². The topological polar surface area (TPSA) is 62.6 Å². The summed E-state index contributed by atoms with van der Waals surface area (Å²) in [6.45, 7) is 0. The Morgan fingerprint density at radius 3 is 2.52 bits per heavy atom. The van der Waals surface area contributed by atoms with Gasteiger partial charge in [0.05, 0.1) is 20.8 Å². The van der Waals surface area contributed by atoms with Gasteiger partial charge in [-0.3, -0.25) is 19.8 Å². The number of furan rings is 1. The molecule has 0 bridgehead atoms. The molecule has 5 nitrogen and oxygen atoms in total. The zero-order valence-corrected chi connectivity index (χ0v) is 19.1. The molecule has 4 rings (SSSR count). The minimum Gasteiger partial charge on any atom is -0.457 e. The maximum absolute atomic E-state index is 13.1. The maximum Gasteiger partial charge on any atom is 0.270 e. The predicted octanol–water partition coefficient (Wildman–Crippen LogP) is 6.39. The highest BCUT2D eigenvalue weighted by atomic mass is 35.5. The Balaban J connectivity index is 1.72. The number of hydrogen-bond donors (Lipinski definition) is 1. The molecule has 0 radical (unpaired) electrons. The maximum atomic E-state index is 13.1. The van der Waals surface area contributed by atoms with Crippen molar-refractivity contribution in [3.05, 3.63) is 80.0 Å². The van der Waals surface area contributed by atoms with Gasteiger partial charge in [0.2, 0.25) is 0 Å². The van der Waals surface area contributed by atoms with Crippen LogP contribution in [0.3, 0.4) is 0 Å². The van der Waals surface area contributed by atoms with Gasteiger partial charge in [0.1, 0.15) is 17.1 Å². The number of rotatable bonds is 3. The molecule has 10 heteroatoms. The third-order valence-corrected chi connectivity index (χ3v) is 6.04. The number of amides is 2. The number of carbonyl (C=O) groups excluding carboxylic acids is 2. The zero-order valence-electron chi connectivity index (χ0n) is 15.3. The molecule has 156 valence electrons. The van der Waals surface area contributed by atoms with Gasteiger partial charge in [-0.25, -0.2) is 0 Å². The van der Waals surface area contributed by atoms with E-state index in [2.05, 4.69) is 5.32 Å². The summed E-state index contributed by atoms with van der Waals surface area (Å²) in [5.41, 5.74) is 0.635. The lowest BCUT2D eigenvalue weighted by Crippen LogP contribution is -2.54. The van der Waals surface area contributed by atoms with Crippen LogP contribution in [0, 0.1) is 0 Å². The molecular formula is C21H10Cl4N2O3S. The molecule has 0 unspecified atom stereocenters. The quantitative estimate of drug-likeness (QED) is 0.251. The van der Waals surface area contributed by atoms with E-state index in [9.17, 15) is 9.59 Å². The van der Waals surface area contributed by atoms with Crippen LogP contribution in [0.15, 0.2) is 58.5 Å². The number of halogens is 4. The molecule has 1 fully saturated rings. The minimum atomic E-state index is -0.670. The summed E-state index contributed by atoms with van der Waals surface area (Å²) in [7, 11) is 0. The van der Waals surface area contributed by atoms with Crippen molar-refractivity contribution >= 4 is 87.3 Å². The van der Waals surface area contributed by atoms with E-state index in [1.807, 2.05) is 0 Å². The van der Waals surface area contributed by atoms with Crippen LogP contribution in [-0.4, -0.2) is 16.9 Å². The smallest absolute Gasteiger partial charge is 0.270 e. The Hall–Kier alpha value is -2.35. The molecule has 2 amide bonds. The van der Waals surface area contributed by atoms with Gasteiger partial charge < -0.3 is 4.42 Å². The largest absolute Gasteiger partial charge is 0.457 e. The van der Waals surface area contributed by atoms with Crippen molar-refractivity contribution in [2.24, 2.45) is 0 Å². The number of nitrogens with zero attached hydrogens (tertiary/aromatic N) is 1. The van der Waals surface area contributed by atoms with Crippen LogP contribution in [0.25, 0.3) is 17.4 Å². The lowest BCUT2D eigenvalue weighted by Gasteiger charge is -2.29. The third kappa shape index (κ3) is 4.22. The van der Waals surface area contributed by atoms with E-state index < -0.39 is 11.8 Å². The summed E-state index contributed by atoms with van der Waals surface area (Å²) in [6, 6.07) is 13.0. The van der Waals surface area contributed by atoms with Crippen molar-refractivity contribution in [2.75, 3.05) is 4.90 Å². The first-order valence-electron chi connectivity index (χ1n) is 8.67. The summed E-state index contributed by atoms with van der Waals surface area (Å²) in [6.07, 6.45) is 1.31. The summed E-state index contributed by atoms with van der Waals surface area (Å²) in [5, 5.41) is 3.67. The van der Waals surface area contributed by atoms with Crippen LogP contribution >= 0.6 is 58.6 Å². The number of thiocarbonyl (C=S) groups is 1. The van der Waals surface area contributed by atoms with Gasteiger partial charge in [-0.15, -0.1) is 0 Å². The molecule has 0 atom stereocenters. The molecule has 1 saturated heterocycles. The Bertz CT molecular complexity index is 1290. The molecule has 1 N–H and O–H groups in total. The van der Waals surface area contributed by atoms with Gasteiger partial charge in [0.25, 0.3) is 11.8 Å². The van der Waals surface area contributed by atoms with Gasteiger partial charge in [0.15, 0.2) is 5.11 Å². The molecule has 2 heterocycles. The second-order valence-electron chi connectivity index (χ2n) is 6.36. The summed E-state index contributed by atoms with van der Waals surface area (Å²) in [5.74, 6) is -0.650. The van der Waals surface area contributed by atoms with Crippen LogP contribution in [-0.2, 0) is 9.59 Å². The van der Waals surface area contributed by atoms with Crippen LogP contribution in [0.2, 0.25) is 20.1 Å². The van der Waals surface area contributed by atoms with Gasteiger partial charge in [0, 0.05) is 10.6 Å². The van der Waals surface area contributed by atoms with Crippen molar-refractivity contribution < 1.29 is 14.0 Å². The second-order valence-corrected chi connectivity index (χ2v) is 8.37. The molecule has 0 saturated carbocycles. The van der Waals surface area contributed by atoms with Crippen molar-refractivity contribution in [1.82, 2.24) is 5.32 Å². The number of anilines is 1. The molecule has 1 aromatic heterocycles. The molecule has 3 aromatic rings. The Morgan fingerprint density at radius 2 is 1.74 bits per heavy atom. The van der Waals surface area contributed by atoms with Crippen LogP contribution in [0.5, 0.6) is 0 Å². The second kappa shape index (κ2) is 8.65. The average molecular weight is 512 g/mol. The average Bonchev–Trinajstić information content (AvgIpc) is 3.18. The molecular weight excluding hydrogens is 502 g/mol. The van der Waals surface area contributed by atoms with E-state index in [1.54, 1.807) is 48.5 Å². The SMILES string of the molecule is O=C1NC(=S)N(c2cccc(Cl)c2Cl)C(=O)/C1=C/c1ccc(-c2cc(Cl)ccc2Cl)o1. The lowest BCUT2D eigenvalue weighted by atomic mass is 10.1. The number of carbonyl (C=O) groups is 2. The first kappa shape index (κ1) is 21.9. The van der Waals surface area contributed by atoms with E-state index in [1.165, 1.54) is 6.08 Å². The van der Waals surface area contributed by atoms with Crippen LogP contribution < -0.4 is 10.2 Å². The minimum absolute atomic E-state index is 0.109. The van der Waals surface area contributed by atoms with Crippen LogP contribution in [0.4, 0.5) is 5.69 Å². The molecule has 31 heavy (non-hydrogen) atoms. The number of nitrogens with one attached hydrogen (secondary N) is 1. The van der Waals surface area contributed by atoms with Crippen molar-refractivity contribution in [3.63, 3.8) is 0 Å². The monoisotopic (exact) mass is 510 g/mol. The van der Waals surface area contributed by atoms with Gasteiger partial charge in [-0.05, 0) is 60.8 Å². The normalized spacial score (nSPS) is 15.5. The fourth-order valence-corrected chi connectivity index (χ4v) is 3.98. The fraction of sp³-hybridized carbons (Fsp3) is 0. The standard InChI is InChI=1S/C21H10Cl4N2O3S/c22-10-4-6-14(23)12(8-10)17-7-5-11(30-17)9-13-19(28)26-21(31)27(20(13)29)16-3-1-2-15(24)18(16)25/h1-9H,(H,26,28,31)/b13-9+. The summed E-state index contributed by atoms with van der Waals surface area (Å²) in [4.78, 5) is 26.7. The van der Waals surface area contributed by atoms with Crippen LogP contribution in [0.1, 0.15) is 5.76 Å². The Labute approximate surface area is 202 Å². The molecule has 2 aromatic carbocycles. The lowest BCUT2D eigenvalue weighted by molar-refractivity contribution is -0.122. The van der Waals surface area contributed by atoms with Gasteiger partial charge in [-0.1, -0.05) is 52.5 Å². The van der Waals surface area contributed by atoms with E-state index in [-0.39, 0.29) is 32.2 Å². The molecule has 0 spiro atoms.